The van der Waals surface area contributed by atoms with Gasteiger partial charge in [-0.1, -0.05) is 19.1 Å². The van der Waals surface area contributed by atoms with Gasteiger partial charge in [0.05, 0.1) is 16.4 Å². The molecular formula is C13H17NO5S2. The number of rotatable bonds is 4. The van der Waals surface area contributed by atoms with Crippen LogP contribution in [0.25, 0.3) is 0 Å². The Hall–Kier alpha value is -1.25. The van der Waals surface area contributed by atoms with E-state index in [4.69, 9.17) is 0 Å². The molecule has 0 saturated carbocycles. The van der Waals surface area contributed by atoms with Crippen LogP contribution < -0.4 is 0 Å². The van der Waals surface area contributed by atoms with Crippen molar-refractivity contribution < 1.29 is 21.6 Å². The Morgan fingerprint density at radius 1 is 1.24 bits per heavy atom. The number of hydrogen-bond donors (Lipinski definition) is 0. The number of ketones is 1. The van der Waals surface area contributed by atoms with Gasteiger partial charge >= 0.3 is 0 Å². The molecule has 0 aliphatic carbocycles. The van der Waals surface area contributed by atoms with Gasteiger partial charge in [0.2, 0.25) is 10.0 Å². The quantitative estimate of drug-likeness (QED) is 0.758. The van der Waals surface area contributed by atoms with Gasteiger partial charge in [0.1, 0.15) is 0 Å². The summed E-state index contributed by atoms with van der Waals surface area (Å²) in [5, 5.41) is 0. The van der Waals surface area contributed by atoms with Crippen LogP contribution in [-0.4, -0.2) is 51.5 Å². The highest BCUT2D eigenvalue weighted by molar-refractivity contribution is 7.92. The smallest absolute Gasteiger partial charge is 0.243 e. The van der Waals surface area contributed by atoms with Crippen molar-refractivity contribution in [3.63, 3.8) is 0 Å². The van der Waals surface area contributed by atoms with Crippen LogP contribution in [0.4, 0.5) is 0 Å². The molecule has 0 aromatic heterocycles. The molecule has 6 nitrogen and oxygen atoms in total. The Morgan fingerprint density at radius 2 is 1.86 bits per heavy atom. The highest BCUT2D eigenvalue weighted by Crippen LogP contribution is 2.20. The highest BCUT2D eigenvalue weighted by Gasteiger charge is 2.31. The summed E-state index contributed by atoms with van der Waals surface area (Å²) in [5.74, 6) is -0.465. The molecule has 1 aromatic rings. The maximum Gasteiger partial charge on any atom is 0.243 e. The number of benzene rings is 1. The first kappa shape index (κ1) is 16.1. The summed E-state index contributed by atoms with van der Waals surface area (Å²) in [6.07, 6.45) is 0.297. The number of hydrogen-bond acceptors (Lipinski definition) is 5. The largest absolute Gasteiger partial charge is 0.294 e. The molecule has 0 bridgehead atoms. The van der Waals surface area contributed by atoms with E-state index in [1.54, 1.807) is 13.0 Å². The van der Waals surface area contributed by atoms with Crippen LogP contribution >= 0.6 is 0 Å². The molecule has 0 atom stereocenters. The number of sulfonamides is 1. The fourth-order valence-electron chi connectivity index (χ4n) is 2.12. The standard InChI is InChI=1S/C13H17NO5S2/c1-2-13(15)11-4-3-5-12(10-11)21(18,19)14-6-8-20(16,17)9-7-14/h3-5,10H,2,6-9H2,1H3. The Labute approximate surface area is 124 Å². The van der Waals surface area contributed by atoms with Gasteiger partial charge < -0.3 is 0 Å². The summed E-state index contributed by atoms with van der Waals surface area (Å²) in [5.41, 5.74) is 0.350. The molecular weight excluding hydrogens is 314 g/mol. The lowest BCUT2D eigenvalue weighted by Crippen LogP contribution is -2.43. The van der Waals surface area contributed by atoms with Crippen molar-refractivity contribution in [1.82, 2.24) is 4.31 Å². The molecule has 8 heteroatoms. The second-order valence-electron chi connectivity index (χ2n) is 4.86. The molecule has 0 spiro atoms. The Morgan fingerprint density at radius 3 is 2.43 bits per heavy atom. The fraction of sp³-hybridized carbons (Fsp3) is 0.462. The first-order chi connectivity index (χ1) is 9.76. The molecule has 1 saturated heterocycles. The molecule has 1 heterocycles. The second-order valence-corrected chi connectivity index (χ2v) is 9.10. The first-order valence-corrected chi connectivity index (χ1v) is 9.86. The summed E-state index contributed by atoms with van der Waals surface area (Å²) in [6.45, 7) is 1.62. The zero-order chi connectivity index (χ0) is 15.7. The number of carbonyl (C=O) groups excluding carboxylic acids is 1. The molecule has 1 aromatic carbocycles. The lowest BCUT2D eigenvalue weighted by Gasteiger charge is -2.26. The number of nitrogens with zero attached hydrogens (tertiary/aromatic N) is 1. The third kappa shape index (κ3) is 3.50. The van der Waals surface area contributed by atoms with Crippen LogP contribution in [0, 0.1) is 0 Å². The summed E-state index contributed by atoms with van der Waals surface area (Å²) in [7, 11) is -6.90. The van der Waals surface area contributed by atoms with E-state index in [9.17, 15) is 21.6 Å². The molecule has 0 amide bonds. The van der Waals surface area contributed by atoms with Crippen molar-refractivity contribution in [2.45, 2.75) is 18.2 Å². The fourth-order valence-corrected chi connectivity index (χ4v) is 5.04. The van der Waals surface area contributed by atoms with Crippen LogP contribution in [0.5, 0.6) is 0 Å². The first-order valence-electron chi connectivity index (χ1n) is 6.60. The summed E-state index contributed by atoms with van der Waals surface area (Å²) < 4.78 is 48.9. The van der Waals surface area contributed by atoms with E-state index < -0.39 is 19.9 Å². The molecule has 0 N–H and O–H groups in total. The average Bonchev–Trinajstić information content (AvgIpc) is 2.46. The van der Waals surface area contributed by atoms with Crippen molar-refractivity contribution in [3.05, 3.63) is 29.8 Å². The van der Waals surface area contributed by atoms with Gasteiger partial charge in [-0.25, -0.2) is 16.8 Å². The van der Waals surface area contributed by atoms with E-state index in [1.807, 2.05) is 0 Å². The van der Waals surface area contributed by atoms with Crippen LogP contribution in [-0.2, 0) is 19.9 Å². The molecule has 0 radical (unpaired) electrons. The van der Waals surface area contributed by atoms with Crippen LogP contribution in [0.1, 0.15) is 23.7 Å². The average molecular weight is 331 g/mol. The van der Waals surface area contributed by atoms with Gasteiger partial charge in [-0.05, 0) is 12.1 Å². The zero-order valence-corrected chi connectivity index (χ0v) is 13.3. The molecule has 116 valence electrons. The predicted molar refractivity (Wildman–Crippen MR) is 78.5 cm³/mol. The van der Waals surface area contributed by atoms with E-state index in [1.165, 1.54) is 18.2 Å². The summed E-state index contributed by atoms with van der Waals surface area (Å²) >= 11 is 0. The van der Waals surface area contributed by atoms with Gasteiger partial charge in [-0.3, -0.25) is 4.79 Å². The summed E-state index contributed by atoms with van der Waals surface area (Å²) in [4.78, 5) is 11.7. The van der Waals surface area contributed by atoms with Gasteiger partial charge in [0.15, 0.2) is 15.6 Å². The van der Waals surface area contributed by atoms with Crippen LogP contribution in [0.3, 0.4) is 0 Å². The van der Waals surface area contributed by atoms with Crippen LogP contribution in [0.15, 0.2) is 29.2 Å². The third-order valence-electron chi connectivity index (χ3n) is 3.42. The van der Waals surface area contributed by atoms with Crippen molar-refractivity contribution in [2.24, 2.45) is 0 Å². The number of carbonyl (C=O) groups is 1. The maximum atomic E-state index is 12.5. The second kappa shape index (κ2) is 5.86. The van der Waals surface area contributed by atoms with Crippen molar-refractivity contribution in [3.8, 4) is 0 Å². The Balaban J connectivity index is 2.30. The molecule has 1 fully saturated rings. The number of Topliss-reactive ketones (excluding diaryl/α,β-unsaturated/α-hetero) is 1. The Bertz CT molecular complexity index is 739. The minimum absolute atomic E-state index is 0.0288. The lowest BCUT2D eigenvalue weighted by atomic mass is 10.1. The van der Waals surface area contributed by atoms with Crippen molar-refractivity contribution >= 4 is 25.6 Å². The van der Waals surface area contributed by atoms with E-state index in [2.05, 4.69) is 0 Å². The third-order valence-corrected chi connectivity index (χ3v) is 6.92. The minimum Gasteiger partial charge on any atom is -0.294 e. The zero-order valence-electron chi connectivity index (χ0n) is 11.6. The van der Waals surface area contributed by atoms with Gasteiger partial charge in [-0.15, -0.1) is 0 Å². The topological polar surface area (TPSA) is 88.6 Å². The molecule has 21 heavy (non-hydrogen) atoms. The normalized spacial score (nSPS) is 19.3. The lowest BCUT2D eigenvalue weighted by molar-refractivity contribution is 0.0988. The van der Waals surface area contributed by atoms with Crippen molar-refractivity contribution in [2.75, 3.05) is 24.6 Å². The summed E-state index contributed by atoms with van der Waals surface area (Å²) in [6, 6.07) is 5.87. The SMILES string of the molecule is CCC(=O)c1cccc(S(=O)(=O)N2CCS(=O)(=O)CC2)c1. The Kier molecular flexibility index (Phi) is 4.50. The number of sulfone groups is 1. The van der Waals surface area contributed by atoms with E-state index in [0.717, 1.165) is 4.31 Å². The minimum atomic E-state index is -3.76. The molecule has 1 aliphatic heterocycles. The highest BCUT2D eigenvalue weighted by atomic mass is 32.2. The van der Waals surface area contributed by atoms with Gasteiger partial charge in [0.25, 0.3) is 0 Å². The van der Waals surface area contributed by atoms with E-state index in [-0.39, 0.29) is 35.3 Å². The van der Waals surface area contributed by atoms with Crippen molar-refractivity contribution in [1.29, 1.82) is 0 Å². The van der Waals surface area contributed by atoms with Crippen LogP contribution in [0.2, 0.25) is 0 Å². The molecule has 2 rings (SSSR count). The van der Waals surface area contributed by atoms with Gasteiger partial charge in [-0.2, -0.15) is 4.31 Å². The van der Waals surface area contributed by atoms with E-state index >= 15 is 0 Å². The predicted octanol–water partition coefficient (Wildman–Crippen LogP) is 0.698. The monoisotopic (exact) mass is 331 g/mol. The van der Waals surface area contributed by atoms with E-state index in [0.29, 0.717) is 12.0 Å². The molecule has 1 aliphatic rings. The van der Waals surface area contributed by atoms with Gasteiger partial charge in [0, 0.05) is 25.1 Å². The molecule has 0 unspecified atom stereocenters. The maximum absolute atomic E-state index is 12.5.